The highest BCUT2D eigenvalue weighted by atomic mass is 16.2. The highest BCUT2D eigenvalue weighted by Crippen LogP contribution is 2.25. The molecule has 1 unspecified atom stereocenters. The number of pyridine rings is 1. The molecule has 1 amide bonds. The standard InChI is InChI=1S/C11H16N4O/c1-3-6-12-9-5-4-8-10(15-9)13-7(2)11(16)14-8/h4-5,7H,3,6H2,1-2H3,(H,14,16)(H2,12,13,15). The molecule has 0 bridgehead atoms. The van der Waals surface area contributed by atoms with Gasteiger partial charge in [-0.05, 0) is 25.5 Å². The number of hydrogen-bond acceptors (Lipinski definition) is 4. The molecule has 2 heterocycles. The van der Waals surface area contributed by atoms with Crippen LogP contribution in [-0.2, 0) is 4.79 Å². The molecule has 2 rings (SSSR count). The minimum absolute atomic E-state index is 0.0245. The zero-order chi connectivity index (χ0) is 11.5. The third kappa shape index (κ3) is 2.08. The number of nitrogens with zero attached hydrogens (tertiary/aromatic N) is 1. The molecule has 0 aliphatic carbocycles. The van der Waals surface area contributed by atoms with E-state index in [-0.39, 0.29) is 11.9 Å². The van der Waals surface area contributed by atoms with Crippen molar-refractivity contribution in [2.75, 3.05) is 22.5 Å². The Bertz CT molecular complexity index is 405. The van der Waals surface area contributed by atoms with Crippen molar-refractivity contribution < 1.29 is 4.79 Å². The second-order valence-electron chi connectivity index (χ2n) is 3.87. The van der Waals surface area contributed by atoms with Crippen LogP contribution in [-0.4, -0.2) is 23.5 Å². The molecule has 3 N–H and O–H groups in total. The first-order valence-corrected chi connectivity index (χ1v) is 5.53. The molecule has 5 heteroatoms. The van der Waals surface area contributed by atoms with Crippen LogP contribution in [0.2, 0.25) is 0 Å². The topological polar surface area (TPSA) is 66.0 Å². The van der Waals surface area contributed by atoms with Gasteiger partial charge in [-0.3, -0.25) is 4.79 Å². The van der Waals surface area contributed by atoms with Crippen LogP contribution in [0.25, 0.3) is 0 Å². The average molecular weight is 220 g/mol. The van der Waals surface area contributed by atoms with Crippen molar-refractivity contribution in [2.24, 2.45) is 0 Å². The van der Waals surface area contributed by atoms with E-state index in [0.29, 0.717) is 0 Å². The summed E-state index contributed by atoms with van der Waals surface area (Å²) < 4.78 is 0. The van der Waals surface area contributed by atoms with E-state index in [0.717, 1.165) is 30.3 Å². The van der Waals surface area contributed by atoms with Gasteiger partial charge in [0.1, 0.15) is 11.9 Å². The molecular weight excluding hydrogens is 204 g/mol. The van der Waals surface area contributed by atoms with E-state index < -0.39 is 0 Å². The van der Waals surface area contributed by atoms with Gasteiger partial charge in [-0.15, -0.1) is 0 Å². The van der Waals surface area contributed by atoms with E-state index in [9.17, 15) is 4.79 Å². The molecule has 0 saturated carbocycles. The maximum Gasteiger partial charge on any atom is 0.246 e. The van der Waals surface area contributed by atoms with Crippen molar-refractivity contribution in [3.05, 3.63) is 12.1 Å². The molecule has 1 aromatic heterocycles. The molecule has 1 aliphatic rings. The number of aromatic nitrogens is 1. The third-order valence-electron chi connectivity index (χ3n) is 2.46. The van der Waals surface area contributed by atoms with Crippen LogP contribution in [0.5, 0.6) is 0 Å². The van der Waals surface area contributed by atoms with Gasteiger partial charge >= 0.3 is 0 Å². The largest absolute Gasteiger partial charge is 0.370 e. The molecule has 0 radical (unpaired) electrons. The molecule has 0 fully saturated rings. The fourth-order valence-corrected chi connectivity index (χ4v) is 1.53. The second-order valence-corrected chi connectivity index (χ2v) is 3.87. The van der Waals surface area contributed by atoms with Crippen molar-refractivity contribution in [2.45, 2.75) is 26.3 Å². The molecule has 0 spiro atoms. The fraction of sp³-hybridized carbons (Fsp3) is 0.455. The van der Waals surface area contributed by atoms with Crippen LogP contribution in [0.15, 0.2) is 12.1 Å². The quantitative estimate of drug-likeness (QED) is 0.724. The number of rotatable bonds is 3. The highest BCUT2D eigenvalue weighted by Gasteiger charge is 2.22. The minimum atomic E-state index is -0.235. The van der Waals surface area contributed by atoms with Crippen molar-refractivity contribution in [3.63, 3.8) is 0 Å². The summed E-state index contributed by atoms with van der Waals surface area (Å²) in [7, 11) is 0. The summed E-state index contributed by atoms with van der Waals surface area (Å²) in [6, 6.07) is 3.49. The van der Waals surface area contributed by atoms with Crippen LogP contribution in [0.4, 0.5) is 17.3 Å². The van der Waals surface area contributed by atoms with Crippen LogP contribution >= 0.6 is 0 Å². The fourth-order valence-electron chi connectivity index (χ4n) is 1.53. The molecule has 1 atom stereocenters. The maximum atomic E-state index is 11.4. The van der Waals surface area contributed by atoms with Crippen LogP contribution in [0, 0.1) is 0 Å². The van der Waals surface area contributed by atoms with E-state index in [1.807, 2.05) is 19.1 Å². The van der Waals surface area contributed by atoms with Gasteiger partial charge in [0.2, 0.25) is 5.91 Å². The first kappa shape index (κ1) is 10.7. The summed E-state index contributed by atoms with van der Waals surface area (Å²) in [4.78, 5) is 15.8. The Balaban J connectivity index is 2.19. The Morgan fingerprint density at radius 1 is 1.50 bits per heavy atom. The summed E-state index contributed by atoms with van der Waals surface area (Å²) >= 11 is 0. The van der Waals surface area contributed by atoms with E-state index in [1.54, 1.807) is 0 Å². The molecule has 1 aliphatic heterocycles. The van der Waals surface area contributed by atoms with Gasteiger partial charge in [-0.1, -0.05) is 6.92 Å². The molecular formula is C11H16N4O. The predicted molar refractivity (Wildman–Crippen MR) is 64.7 cm³/mol. The van der Waals surface area contributed by atoms with Crippen molar-refractivity contribution in [3.8, 4) is 0 Å². The third-order valence-corrected chi connectivity index (χ3v) is 2.46. The van der Waals surface area contributed by atoms with Crippen molar-refractivity contribution in [1.29, 1.82) is 0 Å². The van der Waals surface area contributed by atoms with Gasteiger partial charge in [0.15, 0.2) is 5.82 Å². The Labute approximate surface area is 94.6 Å². The monoisotopic (exact) mass is 220 g/mol. The highest BCUT2D eigenvalue weighted by molar-refractivity contribution is 6.02. The first-order valence-electron chi connectivity index (χ1n) is 5.53. The molecule has 1 aromatic rings. The van der Waals surface area contributed by atoms with Gasteiger partial charge in [0, 0.05) is 6.54 Å². The lowest BCUT2D eigenvalue weighted by Gasteiger charge is -2.23. The van der Waals surface area contributed by atoms with Crippen LogP contribution < -0.4 is 16.0 Å². The first-order chi connectivity index (χ1) is 7.70. The Hall–Kier alpha value is -1.78. The Kier molecular flexibility index (Phi) is 2.94. The van der Waals surface area contributed by atoms with E-state index in [4.69, 9.17) is 0 Å². The van der Waals surface area contributed by atoms with E-state index in [1.165, 1.54) is 0 Å². The lowest BCUT2D eigenvalue weighted by molar-refractivity contribution is -0.116. The zero-order valence-electron chi connectivity index (χ0n) is 9.50. The summed E-state index contributed by atoms with van der Waals surface area (Å²) in [5.41, 5.74) is 0.741. The summed E-state index contributed by atoms with van der Waals surface area (Å²) in [5, 5.41) is 9.07. The predicted octanol–water partition coefficient (Wildman–Crippen LogP) is 1.66. The molecule has 5 nitrogen and oxygen atoms in total. The number of nitrogens with one attached hydrogen (secondary N) is 3. The van der Waals surface area contributed by atoms with Crippen molar-refractivity contribution in [1.82, 2.24) is 4.98 Å². The van der Waals surface area contributed by atoms with Gasteiger partial charge in [-0.2, -0.15) is 0 Å². The summed E-state index contributed by atoms with van der Waals surface area (Å²) in [5.74, 6) is 1.54. The van der Waals surface area contributed by atoms with Crippen LogP contribution in [0.3, 0.4) is 0 Å². The lowest BCUT2D eigenvalue weighted by atomic mass is 10.2. The minimum Gasteiger partial charge on any atom is -0.370 e. The van der Waals surface area contributed by atoms with Crippen molar-refractivity contribution >= 4 is 23.2 Å². The molecule has 86 valence electrons. The SMILES string of the molecule is CCCNc1ccc2c(n1)NC(C)C(=O)N2. The number of anilines is 3. The number of hydrogen-bond donors (Lipinski definition) is 3. The summed E-state index contributed by atoms with van der Waals surface area (Å²) in [6.45, 7) is 4.81. The number of amides is 1. The number of fused-ring (bicyclic) bond motifs is 1. The maximum absolute atomic E-state index is 11.4. The number of carbonyl (C=O) groups is 1. The number of carbonyl (C=O) groups excluding carboxylic acids is 1. The van der Waals surface area contributed by atoms with Gasteiger partial charge < -0.3 is 16.0 Å². The van der Waals surface area contributed by atoms with Gasteiger partial charge in [-0.25, -0.2) is 4.98 Å². The van der Waals surface area contributed by atoms with E-state index in [2.05, 4.69) is 27.9 Å². The lowest BCUT2D eigenvalue weighted by Crippen LogP contribution is -2.36. The Morgan fingerprint density at radius 3 is 3.06 bits per heavy atom. The Morgan fingerprint density at radius 2 is 2.31 bits per heavy atom. The van der Waals surface area contributed by atoms with Crippen LogP contribution in [0.1, 0.15) is 20.3 Å². The molecule has 0 saturated heterocycles. The molecule has 16 heavy (non-hydrogen) atoms. The van der Waals surface area contributed by atoms with Gasteiger partial charge in [0.25, 0.3) is 0 Å². The van der Waals surface area contributed by atoms with Gasteiger partial charge in [0.05, 0.1) is 5.69 Å². The second kappa shape index (κ2) is 4.38. The average Bonchev–Trinajstić information content (AvgIpc) is 2.28. The van der Waals surface area contributed by atoms with E-state index >= 15 is 0 Å². The molecule has 0 aromatic carbocycles. The zero-order valence-corrected chi connectivity index (χ0v) is 9.50. The summed E-state index contributed by atoms with van der Waals surface area (Å²) in [6.07, 6.45) is 1.05. The smallest absolute Gasteiger partial charge is 0.246 e. The normalized spacial score (nSPS) is 18.4.